The molecule has 1 unspecified atom stereocenters. The van der Waals surface area contributed by atoms with Crippen molar-refractivity contribution < 1.29 is 24.0 Å². The Morgan fingerprint density at radius 1 is 1.23 bits per heavy atom. The summed E-state index contributed by atoms with van der Waals surface area (Å²) in [5, 5.41) is 17.7. The normalized spacial score (nSPS) is 11.5. The third-order valence-corrected chi connectivity index (χ3v) is 3.60. The van der Waals surface area contributed by atoms with Crippen LogP contribution >= 0.6 is 0 Å². The first kappa shape index (κ1) is 19.0. The summed E-state index contributed by atoms with van der Waals surface area (Å²) in [6.07, 6.45) is 0.753. The van der Waals surface area contributed by atoms with Gasteiger partial charge in [0.15, 0.2) is 11.5 Å². The number of aliphatic carboxylic acids is 1. The van der Waals surface area contributed by atoms with Crippen LogP contribution in [0, 0.1) is 0 Å². The minimum Gasteiger partial charge on any atom is -0.481 e. The zero-order chi connectivity index (χ0) is 18.9. The predicted octanol–water partition coefficient (Wildman–Crippen LogP) is 1.05. The Morgan fingerprint density at radius 3 is 2.58 bits per heavy atom. The van der Waals surface area contributed by atoms with Gasteiger partial charge in [-0.3, -0.25) is 9.59 Å². The molecule has 0 spiro atoms. The monoisotopic (exact) mass is 360 g/mol. The van der Waals surface area contributed by atoms with Crippen LogP contribution in [0.25, 0.3) is 0 Å². The molecule has 0 bridgehead atoms. The van der Waals surface area contributed by atoms with E-state index in [9.17, 15) is 14.4 Å². The number of primary amides is 1. The van der Waals surface area contributed by atoms with E-state index in [1.54, 1.807) is 0 Å². The number of carbonyl (C=O) groups is 3. The van der Waals surface area contributed by atoms with Crippen molar-refractivity contribution in [1.82, 2.24) is 15.8 Å². The maximum Gasteiger partial charge on any atom is 0.315 e. The molecule has 2 aromatic rings. The van der Waals surface area contributed by atoms with Gasteiger partial charge in [0.25, 0.3) is 5.91 Å². The van der Waals surface area contributed by atoms with Gasteiger partial charge in [0.05, 0.1) is 6.54 Å². The first-order chi connectivity index (χ1) is 12.4. The second-order valence-corrected chi connectivity index (χ2v) is 5.69. The molecule has 5 N–H and O–H groups in total. The summed E-state index contributed by atoms with van der Waals surface area (Å²) in [5.41, 5.74) is 6.04. The average Bonchev–Trinajstić information content (AvgIpc) is 3.08. The number of aromatic nitrogens is 1. The fourth-order valence-electron chi connectivity index (χ4n) is 2.34. The van der Waals surface area contributed by atoms with Crippen LogP contribution in [-0.2, 0) is 17.8 Å². The fraction of sp³-hybridized carbons (Fsp3) is 0.294. The molecule has 0 aliphatic heterocycles. The molecule has 0 aliphatic rings. The summed E-state index contributed by atoms with van der Waals surface area (Å²) in [5.74, 6) is -1.37. The van der Waals surface area contributed by atoms with E-state index in [-0.39, 0.29) is 30.5 Å². The van der Waals surface area contributed by atoms with E-state index in [1.165, 1.54) is 6.07 Å². The maximum atomic E-state index is 12.1. The number of urea groups is 1. The van der Waals surface area contributed by atoms with Gasteiger partial charge in [-0.05, 0) is 18.4 Å². The van der Waals surface area contributed by atoms with Gasteiger partial charge in [0.2, 0.25) is 0 Å². The minimum absolute atomic E-state index is 0.0170. The highest BCUT2D eigenvalue weighted by molar-refractivity contribution is 5.90. The number of nitrogens with two attached hydrogens (primary N) is 1. The molecule has 3 amide bonds. The summed E-state index contributed by atoms with van der Waals surface area (Å²) in [4.78, 5) is 33.9. The molecule has 0 saturated carbocycles. The molecule has 9 heteroatoms. The first-order valence-electron chi connectivity index (χ1n) is 7.99. The molecular weight excluding hydrogens is 340 g/mol. The van der Waals surface area contributed by atoms with E-state index in [0.29, 0.717) is 12.8 Å². The van der Waals surface area contributed by atoms with Crippen LogP contribution in [0.1, 0.15) is 34.7 Å². The lowest BCUT2D eigenvalue weighted by molar-refractivity contribution is -0.137. The molecule has 0 fully saturated rings. The molecule has 0 aliphatic carbocycles. The number of carboxylic acid groups (broad SMARTS) is 1. The molecule has 1 aromatic heterocycles. The van der Waals surface area contributed by atoms with Crippen molar-refractivity contribution in [2.24, 2.45) is 5.73 Å². The molecule has 2 rings (SSSR count). The van der Waals surface area contributed by atoms with Gasteiger partial charge in [-0.2, -0.15) is 0 Å². The Bertz CT molecular complexity index is 760. The molecule has 138 valence electrons. The largest absolute Gasteiger partial charge is 0.481 e. The zero-order valence-corrected chi connectivity index (χ0v) is 14.0. The van der Waals surface area contributed by atoms with E-state index in [0.717, 1.165) is 5.56 Å². The number of benzene rings is 1. The standard InChI is InChI=1S/C17H20N4O5/c18-16(24)14-9-13(26-21-14)10-19-17(25)20-12(6-7-15(22)23)8-11-4-2-1-3-5-11/h1-5,9,12H,6-8,10H2,(H2,18,24)(H,22,23)(H2,19,20,25). The number of rotatable bonds is 9. The van der Waals surface area contributed by atoms with Gasteiger partial charge < -0.3 is 26.0 Å². The number of hydrogen-bond donors (Lipinski definition) is 4. The van der Waals surface area contributed by atoms with Crippen LogP contribution in [-0.4, -0.2) is 34.2 Å². The lowest BCUT2D eigenvalue weighted by atomic mass is 10.0. The Labute approximate surface area is 149 Å². The predicted molar refractivity (Wildman–Crippen MR) is 91.2 cm³/mol. The van der Waals surface area contributed by atoms with Crippen LogP contribution in [0.5, 0.6) is 0 Å². The number of hydrogen-bond acceptors (Lipinski definition) is 5. The quantitative estimate of drug-likeness (QED) is 0.525. The van der Waals surface area contributed by atoms with Gasteiger partial charge >= 0.3 is 12.0 Å². The Kier molecular flexibility index (Phi) is 6.72. The van der Waals surface area contributed by atoms with Crippen LogP contribution in [0.3, 0.4) is 0 Å². The van der Waals surface area contributed by atoms with E-state index in [4.69, 9.17) is 15.4 Å². The van der Waals surface area contributed by atoms with Crippen LogP contribution in [0.4, 0.5) is 4.79 Å². The number of amides is 3. The van der Waals surface area contributed by atoms with Crippen molar-refractivity contribution in [3.63, 3.8) is 0 Å². The summed E-state index contributed by atoms with van der Waals surface area (Å²) in [6.45, 7) is 0.0170. The minimum atomic E-state index is -0.925. The summed E-state index contributed by atoms with van der Waals surface area (Å²) in [7, 11) is 0. The SMILES string of the molecule is NC(=O)c1cc(CNC(=O)NC(CCC(=O)O)Cc2ccccc2)on1. The second kappa shape index (κ2) is 9.21. The molecule has 0 saturated heterocycles. The third kappa shape index (κ3) is 6.27. The molecular formula is C17H20N4O5. The summed E-state index contributed by atoms with van der Waals surface area (Å²) >= 11 is 0. The third-order valence-electron chi connectivity index (χ3n) is 3.60. The van der Waals surface area contributed by atoms with Crippen molar-refractivity contribution in [3.8, 4) is 0 Å². The van der Waals surface area contributed by atoms with Gasteiger partial charge in [-0.15, -0.1) is 0 Å². The number of nitrogens with zero attached hydrogens (tertiary/aromatic N) is 1. The highest BCUT2D eigenvalue weighted by Crippen LogP contribution is 2.08. The molecule has 1 aromatic carbocycles. The molecule has 1 atom stereocenters. The number of carboxylic acids is 1. The van der Waals surface area contributed by atoms with E-state index < -0.39 is 17.9 Å². The van der Waals surface area contributed by atoms with Gasteiger partial charge in [-0.25, -0.2) is 4.79 Å². The molecule has 9 nitrogen and oxygen atoms in total. The van der Waals surface area contributed by atoms with Crippen molar-refractivity contribution in [1.29, 1.82) is 0 Å². The van der Waals surface area contributed by atoms with Crippen LogP contribution < -0.4 is 16.4 Å². The maximum absolute atomic E-state index is 12.1. The lowest BCUT2D eigenvalue weighted by Crippen LogP contribution is -2.43. The van der Waals surface area contributed by atoms with Crippen LogP contribution in [0.15, 0.2) is 40.9 Å². The lowest BCUT2D eigenvalue weighted by Gasteiger charge is -2.18. The zero-order valence-electron chi connectivity index (χ0n) is 14.0. The fourth-order valence-corrected chi connectivity index (χ4v) is 2.34. The molecule has 1 heterocycles. The highest BCUT2D eigenvalue weighted by Gasteiger charge is 2.15. The van der Waals surface area contributed by atoms with E-state index in [2.05, 4.69) is 15.8 Å². The van der Waals surface area contributed by atoms with E-state index >= 15 is 0 Å². The Balaban J connectivity index is 1.89. The molecule has 0 radical (unpaired) electrons. The van der Waals surface area contributed by atoms with Gasteiger partial charge in [0, 0.05) is 18.5 Å². The topological polar surface area (TPSA) is 148 Å². The second-order valence-electron chi connectivity index (χ2n) is 5.69. The van der Waals surface area contributed by atoms with Crippen molar-refractivity contribution in [2.75, 3.05) is 0 Å². The average molecular weight is 360 g/mol. The Morgan fingerprint density at radius 2 is 1.96 bits per heavy atom. The van der Waals surface area contributed by atoms with Crippen LogP contribution in [0.2, 0.25) is 0 Å². The van der Waals surface area contributed by atoms with Crippen molar-refractivity contribution in [3.05, 3.63) is 53.4 Å². The van der Waals surface area contributed by atoms with Crippen molar-refractivity contribution >= 4 is 17.9 Å². The van der Waals surface area contributed by atoms with Crippen molar-refractivity contribution in [2.45, 2.75) is 31.8 Å². The smallest absolute Gasteiger partial charge is 0.315 e. The van der Waals surface area contributed by atoms with E-state index in [1.807, 2.05) is 30.3 Å². The first-order valence-corrected chi connectivity index (χ1v) is 7.99. The highest BCUT2D eigenvalue weighted by atomic mass is 16.5. The number of carbonyl (C=O) groups excluding carboxylic acids is 2. The number of nitrogens with one attached hydrogen (secondary N) is 2. The van der Waals surface area contributed by atoms with Gasteiger partial charge in [0.1, 0.15) is 0 Å². The summed E-state index contributed by atoms with van der Waals surface area (Å²) in [6, 6.07) is 9.98. The van der Waals surface area contributed by atoms with Gasteiger partial charge in [-0.1, -0.05) is 35.5 Å². The Hall–Kier alpha value is -3.36. The summed E-state index contributed by atoms with van der Waals surface area (Å²) < 4.78 is 4.88. The molecule has 26 heavy (non-hydrogen) atoms.